The molecule has 0 fully saturated rings. The Labute approximate surface area is 179 Å². The molecule has 0 spiro atoms. The summed E-state index contributed by atoms with van der Waals surface area (Å²) in [7, 11) is 1.68. The third kappa shape index (κ3) is 7.38. The second-order valence-electron chi connectivity index (χ2n) is 6.32. The molecule has 0 heterocycles. The van der Waals surface area contributed by atoms with Crippen LogP contribution in [0, 0.1) is 0 Å². The van der Waals surface area contributed by atoms with Gasteiger partial charge in [-0.05, 0) is 37.5 Å². The molecule has 0 radical (unpaired) electrons. The fraction of sp³-hybridized carbons (Fsp3) is 0.381. The van der Waals surface area contributed by atoms with Crippen LogP contribution in [-0.2, 0) is 12.0 Å². The maximum absolute atomic E-state index is 10.7. The zero-order valence-electron chi connectivity index (χ0n) is 16.2. The molecule has 5 nitrogen and oxygen atoms in total. The van der Waals surface area contributed by atoms with Crippen molar-refractivity contribution in [1.82, 2.24) is 10.6 Å². The molecule has 0 bridgehead atoms. The van der Waals surface area contributed by atoms with Crippen LogP contribution in [0.15, 0.2) is 59.6 Å². The summed E-state index contributed by atoms with van der Waals surface area (Å²) in [5.74, 6) is 1.59. The number of halogens is 1. The standard InChI is InChI=1S/C21H29N3O2.HI/c1-4-22-20(23-15-14-17-10-8-9-13-19(17)26-3)24-16-21(2,25)18-11-6-5-7-12-18;/h5-13,25H,4,14-16H2,1-3H3,(H2,22,23,24);1H. The maximum Gasteiger partial charge on any atom is 0.191 e. The molecule has 0 aliphatic carbocycles. The molecule has 0 saturated carbocycles. The van der Waals surface area contributed by atoms with E-state index in [4.69, 9.17) is 4.74 Å². The summed E-state index contributed by atoms with van der Waals surface area (Å²) in [4.78, 5) is 4.55. The second-order valence-corrected chi connectivity index (χ2v) is 6.32. The van der Waals surface area contributed by atoms with Crippen LogP contribution in [0.5, 0.6) is 5.75 Å². The molecule has 27 heavy (non-hydrogen) atoms. The van der Waals surface area contributed by atoms with Crippen LogP contribution in [0.3, 0.4) is 0 Å². The number of methoxy groups -OCH3 is 1. The van der Waals surface area contributed by atoms with Crippen LogP contribution in [0.1, 0.15) is 25.0 Å². The van der Waals surface area contributed by atoms with E-state index < -0.39 is 5.60 Å². The van der Waals surface area contributed by atoms with E-state index in [1.165, 1.54) is 0 Å². The van der Waals surface area contributed by atoms with Crippen molar-refractivity contribution in [2.75, 3.05) is 26.7 Å². The number of hydrogen-bond donors (Lipinski definition) is 3. The zero-order valence-corrected chi connectivity index (χ0v) is 18.6. The van der Waals surface area contributed by atoms with Crippen molar-refractivity contribution < 1.29 is 9.84 Å². The molecular weight excluding hydrogens is 453 g/mol. The highest BCUT2D eigenvalue weighted by Crippen LogP contribution is 2.20. The molecule has 1 atom stereocenters. The molecule has 6 heteroatoms. The van der Waals surface area contributed by atoms with Crippen LogP contribution >= 0.6 is 24.0 Å². The van der Waals surface area contributed by atoms with Crippen molar-refractivity contribution in [2.24, 2.45) is 4.99 Å². The van der Waals surface area contributed by atoms with Crippen molar-refractivity contribution in [3.8, 4) is 5.75 Å². The van der Waals surface area contributed by atoms with Crippen molar-refractivity contribution in [2.45, 2.75) is 25.9 Å². The Balaban J connectivity index is 0.00000364. The predicted molar refractivity (Wildman–Crippen MR) is 122 cm³/mol. The minimum atomic E-state index is -1.01. The van der Waals surface area contributed by atoms with Crippen LogP contribution < -0.4 is 15.4 Å². The van der Waals surface area contributed by atoms with Gasteiger partial charge in [0.15, 0.2) is 5.96 Å². The van der Waals surface area contributed by atoms with Gasteiger partial charge in [0.25, 0.3) is 0 Å². The summed E-state index contributed by atoms with van der Waals surface area (Å²) in [5.41, 5.74) is 0.995. The highest BCUT2D eigenvalue weighted by molar-refractivity contribution is 14.0. The van der Waals surface area contributed by atoms with E-state index in [-0.39, 0.29) is 30.5 Å². The number of aliphatic imine (C=N–C) groups is 1. The third-order valence-electron chi connectivity index (χ3n) is 4.16. The number of guanidine groups is 1. The monoisotopic (exact) mass is 483 g/mol. The van der Waals surface area contributed by atoms with Crippen LogP contribution in [0.2, 0.25) is 0 Å². The Kier molecular flexibility index (Phi) is 10.2. The molecule has 1 unspecified atom stereocenters. The van der Waals surface area contributed by atoms with Gasteiger partial charge in [-0.1, -0.05) is 48.5 Å². The number of nitrogens with one attached hydrogen (secondary N) is 2. The number of benzene rings is 2. The van der Waals surface area contributed by atoms with E-state index in [1.54, 1.807) is 14.0 Å². The molecule has 2 aromatic carbocycles. The van der Waals surface area contributed by atoms with Crippen molar-refractivity contribution in [3.63, 3.8) is 0 Å². The zero-order chi connectivity index (χ0) is 18.8. The molecule has 2 rings (SSSR count). The lowest BCUT2D eigenvalue weighted by Gasteiger charge is -2.22. The SMILES string of the molecule is CCNC(=NCC(C)(O)c1ccccc1)NCCc1ccccc1OC.I. The van der Waals surface area contributed by atoms with Gasteiger partial charge in [0.2, 0.25) is 0 Å². The number of nitrogens with zero attached hydrogens (tertiary/aromatic N) is 1. The van der Waals surface area contributed by atoms with E-state index in [1.807, 2.05) is 55.5 Å². The first-order valence-corrected chi connectivity index (χ1v) is 8.99. The Morgan fingerprint density at radius 1 is 1.07 bits per heavy atom. The van der Waals surface area contributed by atoms with Gasteiger partial charge >= 0.3 is 0 Å². The van der Waals surface area contributed by atoms with E-state index in [2.05, 4.69) is 21.7 Å². The number of para-hydroxylation sites is 1. The van der Waals surface area contributed by atoms with Crippen LogP contribution in [0.4, 0.5) is 0 Å². The molecule has 148 valence electrons. The van der Waals surface area contributed by atoms with Gasteiger partial charge < -0.3 is 20.5 Å². The number of aliphatic hydroxyl groups is 1. The summed E-state index contributed by atoms with van der Waals surface area (Å²) in [5, 5.41) is 17.2. The second kappa shape index (κ2) is 11.8. The van der Waals surface area contributed by atoms with E-state index in [0.717, 1.165) is 36.4 Å². The average molecular weight is 483 g/mol. The van der Waals surface area contributed by atoms with Gasteiger partial charge in [0.05, 0.1) is 13.7 Å². The number of rotatable bonds is 8. The average Bonchev–Trinajstić information content (AvgIpc) is 2.67. The van der Waals surface area contributed by atoms with Gasteiger partial charge in [-0.2, -0.15) is 0 Å². The first kappa shape index (κ1) is 23.2. The highest BCUT2D eigenvalue weighted by atomic mass is 127. The number of hydrogen-bond acceptors (Lipinski definition) is 3. The van der Waals surface area contributed by atoms with E-state index >= 15 is 0 Å². The molecular formula is C21H30IN3O2. The largest absolute Gasteiger partial charge is 0.496 e. The highest BCUT2D eigenvalue weighted by Gasteiger charge is 2.22. The maximum atomic E-state index is 10.7. The first-order chi connectivity index (χ1) is 12.6. The molecule has 3 N–H and O–H groups in total. The van der Waals surface area contributed by atoms with Gasteiger partial charge in [-0.25, -0.2) is 4.99 Å². The summed E-state index contributed by atoms with van der Waals surface area (Å²) in [6.07, 6.45) is 0.823. The van der Waals surface area contributed by atoms with Crippen LogP contribution in [0.25, 0.3) is 0 Å². The van der Waals surface area contributed by atoms with Crippen LogP contribution in [-0.4, -0.2) is 37.8 Å². The lowest BCUT2D eigenvalue weighted by Crippen LogP contribution is -2.39. The molecule has 0 aromatic heterocycles. The molecule has 0 amide bonds. The Hall–Kier alpha value is -1.80. The normalized spacial score (nSPS) is 13.3. The van der Waals surface area contributed by atoms with Crippen molar-refractivity contribution in [1.29, 1.82) is 0 Å². The molecule has 2 aromatic rings. The minimum absolute atomic E-state index is 0. The summed E-state index contributed by atoms with van der Waals surface area (Å²) in [6, 6.07) is 17.6. The fourth-order valence-electron chi connectivity index (χ4n) is 2.69. The predicted octanol–water partition coefficient (Wildman–Crippen LogP) is 3.32. The van der Waals surface area contributed by atoms with E-state index in [0.29, 0.717) is 5.96 Å². The third-order valence-corrected chi connectivity index (χ3v) is 4.16. The number of ether oxygens (including phenoxy) is 1. The molecule has 0 saturated heterocycles. The molecule has 0 aliphatic heterocycles. The van der Waals surface area contributed by atoms with Gasteiger partial charge in [-0.3, -0.25) is 0 Å². The first-order valence-electron chi connectivity index (χ1n) is 8.99. The quantitative estimate of drug-likeness (QED) is 0.306. The van der Waals surface area contributed by atoms with Crippen molar-refractivity contribution in [3.05, 3.63) is 65.7 Å². The summed E-state index contributed by atoms with van der Waals surface area (Å²) >= 11 is 0. The van der Waals surface area contributed by atoms with Gasteiger partial charge in [0, 0.05) is 13.1 Å². The Bertz CT molecular complexity index is 706. The summed E-state index contributed by atoms with van der Waals surface area (Å²) < 4.78 is 5.38. The minimum Gasteiger partial charge on any atom is -0.496 e. The topological polar surface area (TPSA) is 65.9 Å². The Morgan fingerprint density at radius 3 is 2.41 bits per heavy atom. The Morgan fingerprint density at radius 2 is 1.74 bits per heavy atom. The molecule has 0 aliphatic rings. The van der Waals surface area contributed by atoms with Crippen molar-refractivity contribution >= 4 is 29.9 Å². The summed E-state index contributed by atoms with van der Waals surface area (Å²) in [6.45, 7) is 5.56. The smallest absolute Gasteiger partial charge is 0.191 e. The van der Waals surface area contributed by atoms with Gasteiger partial charge in [0.1, 0.15) is 11.4 Å². The van der Waals surface area contributed by atoms with Gasteiger partial charge in [-0.15, -0.1) is 24.0 Å². The lowest BCUT2D eigenvalue weighted by molar-refractivity contribution is 0.0672. The van der Waals surface area contributed by atoms with E-state index in [9.17, 15) is 5.11 Å². The lowest BCUT2D eigenvalue weighted by atomic mass is 9.96. The fourth-order valence-corrected chi connectivity index (χ4v) is 2.69.